The summed E-state index contributed by atoms with van der Waals surface area (Å²) >= 11 is 6.04. The van der Waals surface area contributed by atoms with E-state index in [0.717, 1.165) is 43.5 Å². The number of amides is 1. The maximum absolute atomic E-state index is 13.4. The van der Waals surface area contributed by atoms with Crippen molar-refractivity contribution in [1.82, 2.24) is 10.2 Å². The van der Waals surface area contributed by atoms with Gasteiger partial charge in [-0.2, -0.15) is 0 Å². The predicted molar refractivity (Wildman–Crippen MR) is 112 cm³/mol. The summed E-state index contributed by atoms with van der Waals surface area (Å²) in [6, 6.07) is 8.12. The Kier molecular flexibility index (Phi) is 5.49. The van der Waals surface area contributed by atoms with Gasteiger partial charge in [0.25, 0.3) is 0 Å². The molecule has 1 amide bonds. The molecular weight excluding hydrogens is 372 g/mol. The quantitative estimate of drug-likeness (QED) is 0.760. The summed E-state index contributed by atoms with van der Waals surface area (Å²) in [5.41, 5.74) is 0.727. The Labute approximate surface area is 173 Å². The van der Waals surface area contributed by atoms with E-state index in [2.05, 4.69) is 29.3 Å². The van der Waals surface area contributed by atoms with Gasteiger partial charge in [-0.05, 0) is 94.9 Å². The molecule has 4 nitrogen and oxygen atoms in total. The van der Waals surface area contributed by atoms with E-state index in [9.17, 15) is 9.90 Å². The van der Waals surface area contributed by atoms with Crippen molar-refractivity contribution in [2.75, 3.05) is 7.05 Å². The van der Waals surface area contributed by atoms with Crippen molar-refractivity contribution in [3.05, 3.63) is 34.9 Å². The van der Waals surface area contributed by atoms with Crippen molar-refractivity contribution in [1.29, 1.82) is 0 Å². The van der Waals surface area contributed by atoms with Gasteiger partial charge in [0.1, 0.15) is 0 Å². The van der Waals surface area contributed by atoms with Crippen LogP contribution in [0.25, 0.3) is 0 Å². The van der Waals surface area contributed by atoms with Crippen LogP contribution in [0.3, 0.4) is 0 Å². The van der Waals surface area contributed by atoms with Gasteiger partial charge >= 0.3 is 0 Å². The van der Waals surface area contributed by atoms with Crippen molar-refractivity contribution in [2.24, 2.45) is 17.8 Å². The molecule has 4 aliphatic rings. The largest absolute Gasteiger partial charge is 0.390 e. The van der Waals surface area contributed by atoms with Crippen molar-refractivity contribution in [2.45, 2.75) is 76.1 Å². The van der Waals surface area contributed by atoms with E-state index < -0.39 is 5.60 Å². The minimum Gasteiger partial charge on any atom is -0.390 e. The van der Waals surface area contributed by atoms with Crippen LogP contribution in [0.5, 0.6) is 0 Å². The zero-order valence-corrected chi connectivity index (χ0v) is 18.0. The Morgan fingerprint density at radius 2 is 1.82 bits per heavy atom. The number of carbonyl (C=O) groups excluding carboxylic acids is 1. The molecule has 28 heavy (non-hydrogen) atoms. The number of nitrogens with zero attached hydrogens (tertiary/aromatic N) is 1. The monoisotopic (exact) mass is 404 g/mol. The van der Waals surface area contributed by atoms with Crippen LogP contribution >= 0.6 is 11.6 Å². The van der Waals surface area contributed by atoms with Crippen LogP contribution in [-0.4, -0.2) is 46.7 Å². The van der Waals surface area contributed by atoms with Crippen LogP contribution in [0.1, 0.15) is 51.5 Å². The number of hydrogen-bond acceptors (Lipinski definition) is 3. The molecule has 5 rings (SSSR count). The second-order valence-corrected chi connectivity index (χ2v) is 10.1. The summed E-state index contributed by atoms with van der Waals surface area (Å²) in [7, 11) is 1.85. The van der Waals surface area contributed by atoms with E-state index in [1.54, 1.807) is 0 Å². The number of halogens is 1. The average molecular weight is 405 g/mol. The molecule has 0 aliphatic heterocycles. The molecule has 0 spiro atoms. The Bertz CT molecular complexity index is 706. The standard InChI is InChI=1S/C23H33ClN2O2/c1-14(8-16-4-6-20(24)7-5-16)26(22(27)15(2)25-3)21-18-9-17-10-19(21)13-23(28,11-17)12-18/h4-7,14-15,17-19,21,25,28H,8-13H2,1-3H3/t14?,15-,17?,18?,19?,21?,23?/m0/s1. The Hall–Kier alpha value is -1.10. The first-order valence-corrected chi connectivity index (χ1v) is 11.1. The molecule has 154 valence electrons. The summed E-state index contributed by atoms with van der Waals surface area (Å²) in [4.78, 5) is 15.6. The Morgan fingerprint density at radius 1 is 1.21 bits per heavy atom. The van der Waals surface area contributed by atoms with E-state index in [1.165, 1.54) is 5.56 Å². The van der Waals surface area contributed by atoms with Gasteiger partial charge in [0.15, 0.2) is 0 Å². The molecule has 4 bridgehead atoms. The van der Waals surface area contributed by atoms with Crippen LogP contribution in [0.4, 0.5) is 0 Å². The molecule has 4 fully saturated rings. The van der Waals surface area contributed by atoms with E-state index >= 15 is 0 Å². The molecule has 4 atom stereocenters. The van der Waals surface area contributed by atoms with E-state index in [-0.39, 0.29) is 24.0 Å². The first-order chi connectivity index (χ1) is 13.3. The topological polar surface area (TPSA) is 52.6 Å². The third-order valence-corrected chi connectivity index (χ3v) is 7.74. The van der Waals surface area contributed by atoms with Gasteiger partial charge in [0.05, 0.1) is 11.6 Å². The fraction of sp³-hybridized carbons (Fsp3) is 0.696. The van der Waals surface area contributed by atoms with E-state index in [0.29, 0.717) is 17.8 Å². The van der Waals surface area contributed by atoms with Gasteiger partial charge in [0, 0.05) is 17.1 Å². The highest BCUT2D eigenvalue weighted by atomic mass is 35.5. The molecule has 4 aliphatic carbocycles. The average Bonchev–Trinajstić information content (AvgIpc) is 2.64. The Morgan fingerprint density at radius 3 is 2.36 bits per heavy atom. The van der Waals surface area contributed by atoms with Crippen molar-refractivity contribution in [3.63, 3.8) is 0 Å². The molecular formula is C23H33ClN2O2. The molecule has 1 aromatic carbocycles. The molecule has 5 heteroatoms. The number of carbonyl (C=O) groups is 1. The summed E-state index contributed by atoms with van der Waals surface area (Å²) in [5.74, 6) is 1.69. The lowest BCUT2D eigenvalue weighted by molar-refractivity contribution is -0.175. The molecule has 3 unspecified atom stereocenters. The van der Waals surface area contributed by atoms with Crippen molar-refractivity contribution >= 4 is 17.5 Å². The molecule has 0 aromatic heterocycles. The first kappa shape index (κ1) is 20.2. The van der Waals surface area contributed by atoms with Gasteiger partial charge in [0.2, 0.25) is 5.91 Å². The number of aliphatic hydroxyl groups is 1. The summed E-state index contributed by atoms with van der Waals surface area (Å²) < 4.78 is 0. The van der Waals surface area contributed by atoms with Gasteiger partial charge in [-0.3, -0.25) is 4.79 Å². The normalized spacial score (nSPS) is 35.6. The van der Waals surface area contributed by atoms with E-state index in [4.69, 9.17) is 11.6 Å². The maximum Gasteiger partial charge on any atom is 0.239 e. The lowest BCUT2D eigenvalue weighted by Gasteiger charge is -2.61. The minimum absolute atomic E-state index is 0.113. The number of likely N-dealkylation sites (N-methyl/N-ethyl adjacent to an activating group) is 1. The molecule has 4 saturated carbocycles. The number of hydrogen-bond donors (Lipinski definition) is 2. The number of nitrogens with one attached hydrogen (secondary N) is 1. The van der Waals surface area contributed by atoms with Crippen LogP contribution < -0.4 is 5.32 Å². The van der Waals surface area contributed by atoms with Crippen molar-refractivity contribution in [3.8, 4) is 0 Å². The Balaban J connectivity index is 1.60. The maximum atomic E-state index is 13.4. The molecule has 2 N–H and O–H groups in total. The minimum atomic E-state index is -0.476. The summed E-state index contributed by atoms with van der Waals surface area (Å²) in [6.07, 6.45) is 5.83. The van der Waals surface area contributed by atoms with Crippen molar-refractivity contribution < 1.29 is 9.90 Å². The van der Waals surface area contributed by atoms with Gasteiger partial charge in [-0.1, -0.05) is 23.7 Å². The SMILES string of the molecule is CN[C@@H](C)C(=O)N(C(C)Cc1ccc(Cl)cc1)C1C2CC3CC1CC(O)(C3)C2. The first-order valence-electron chi connectivity index (χ1n) is 10.8. The second kappa shape index (κ2) is 7.62. The fourth-order valence-corrected chi connectivity index (χ4v) is 6.60. The summed E-state index contributed by atoms with van der Waals surface area (Å²) in [6.45, 7) is 4.13. The van der Waals surface area contributed by atoms with Crippen LogP contribution in [-0.2, 0) is 11.2 Å². The smallest absolute Gasteiger partial charge is 0.239 e. The molecule has 0 radical (unpaired) electrons. The van der Waals surface area contributed by atoms with Gasteiger partial charge in [-0.25, -0.2) is 0 Å². The zero-order chi connectivity index (χ0) is 20.1. The lowest BCUT2D eigenvalue weighted by Crippen LogP contribution is -2.65. The van der Waals surface area contributed by atoms with Gasteiger partial charge in [-0.15, -0.1) is 0 Å². The molecule has 1 aromatic rings. The lowest BCUT2D eigenvalue weighted by atomic mass is 9.52. The summed E-state index contributed by atoms with van der Waals surface area (Å²) in [5, 5.41) is 14.8. The highest BCUT2D eigenvalue weighted by Gasteiger charge is 2.57. The van der Waals surface area contributed by atoms with Crippen LogP contribution in [0.15, 0.2) is 24.3 Å². The van der Waals surface area contributed by atoms with Crippen LogP contribution in [0, 0.1) is 17.8 Å². The zero-order valence-electron chi connectivity index (χ0n) is 17.2. The second-order valence-electron chi connectivity index (χ2n) is 9.62. The fourth-order valence-electron chi connectivity index (χ4n) is 6.47. The third-order valence-electron chi connectivity index (χ3n) is 7.49. The van der Waals surface area contributed by atoms with Crippen LogP contribution in [0.2, 0.25) is 5.02 Å². The van der Waals surface area contributed by atoms with E-state index in [1.807, 2.05) is 26.1 Å². The molecule has 0 saturated heterocycles. The van der Waals surface area contributed by atoms with Gasteiger partial charge < -0.3 is 15.3 Å². The number of rotatable bonds is 6. The molecule has 0 heterocycles. The highest BCUT2D eigenvalue weighted by molar-refractivity contribution is 6.30. The number of benzene rings is 1. The third kappa shape index (κ3) is 3.71. The highest BCUT2D eigenvalue weighted by Crippen LogP contribution is 2.57. The predicted octanol–water partition coefficient (Wildman–Crippen LogP) is 3.65.